The number of rotatable bonds is 3. The second kappa shape index (κ2) is 6.16. The molecule has 2 N–H and O–H groups in total. The second-order valence-corrected chi connectivity index (χ2v) is 6.24. The van der Waals surface area contributed by atoms with E-state index in [4.69, 9.17) is 0 Å². The average Bonchev–Trinajstić information content (AvgIpc) is 3.00. The van der Waals surface area contributed by atoms with Gasteiger partial charge in [0.2, 0.25) is 0 Å². The van der Waals surface area contributed by atoms with Gasteiger partial charge in [-0.3, -0.25) is 9.38 Å². The maximum absolute atomic E-state index is 13.5. The van der Waals surface area contributed by atoms with E-state index in [-0.39, 0.29) is 5.82 Å². The molecule has 1 fully saturated rings. The summed E-state index contributed by atoms with van der Waals surface area (Å²) in [6, 6.07) is 3.94. The Labute approximate surface area is 139 Å². The number of nitrogens with zero attached hydrogens (tertiary/aromatic N) is 4. The molecule has 124 valence electrons. The van der Waals surface area contributed by atoms with Crippen molar-refractivity contribution in [3.05, 3.63) is 42.7 Å². The number of piperidine rings is 1. The van der Waals surface area contributed by atoms with Crippen molar-refractivity contribution < 1.29 is 4.39 Å². The smallest absolute Gasteiger partial charge is 0.145 e. The van der Waals surface area contributed by atoms with E-state index >= 15 is 0 Å². The van der Waals surface area contributed by atoms with Crippen LogP contribution in [0.4, 0.5) is 10.2 Å². The Morgan fingerprint density at radius 1 is 1.25 bits per heavy atom. The van der Waals surface area contributed by atoms with Gasteiger partial charge in [0.25, 0.3) is 0 Å². The molecule has 3 aromatic rings. The standard InChI is InChI=1S/C17H19FN6/c1-11-2-4-13(6-20-11)22-16-9-19-7-14(23-16)15-8-21-17-5-3-12(18)10-24(15)17/h3,5,7-11,13,20H,2,4,6H2,1H3,(H,22,23)/t11-,13-/m1/s1. The minimum atomic E-state index is -0.314. The summed E-state index contributed by atoms with van der Waals surface area (Å²) in [4.78, 5) is 13.2. The molecule has 0 aromatic carbocycles. The lowest BCUT2D eigenvalue weighted by Crippen LogP contribution is -2.43. The first-order valence-corrected chi connectivity index (χ1v) is 8.14. The highest BCUT2D eigenvalue weighted by atomic mass is 19.1. The van der Waals surface area contributed by atoms with Crippen molar-refractivity contribution in [2.45, 2.75) is 31.8 Å². The third kappa shape index (κ3) is 2.94. The Hall–Kier alpha value is -2.54. The van der Waals surface area contributed by atoms with Crippen molar-refractivity contribution in [1.82, 2.24) is 24.7 Å². The van der Waals surface area contributed by atoms with Crippen molar-refractivity contribution in [1.29, 1.82) is 0 Å². The molecule has 4 rings (SSSR count). The van der Waals surface area contributed by atoms with Gasteiger partial charge in [-0.05, 0) is 31.9 Å². The summed E-state index contributed by atoms with van der Waals surface area (Å²) in [6.07, 6.45) is 8.71. The van der Waals surface area contributed by atoms with Crippen LogP contribution >= 0.6 is 0 Å². The zero-order valence-electron chi connectivity index (χ0n) is 13.4. The number of fused-ring (bicyclic) bond motifs is 1. The molecule has 4 heterocycles. The molecule has 0 radical (unpaired) electrons. The number of hydrogen-bond donors (Lipinski definition) is 2. The zero-order valence-corrected chi connectivity index (χ0v) is 13.4. The summed E-state index contributed by atoms with van der Waals surface area (Å²) in [5.41, 5.74) is 2.06. The summed E-state index contributed by atoms with van der Waals surface area (Å²) in [5, 5.41) is 6.88. The van der Waals surface area contributed by atoms with E-state index in [1.54, 1.807) is 29.1 Å². The summed E-state index contributed by atoms with van der Waals surface area (Å²) < 4.78 is 15.2. The number of aromatic nitrogens is 4. The summed E-state index contributed by atoms with van der Waals surface area (Å²) >= 11 is 0. The van der Waals surface area contributed by atoms with Crippen LogP contribution in [0.3, 0.4) is 0 Å². The molecule has 0 spiro atoms. The molecule has 0 unspecified atom stereocenters. The van der Waals surface area contributed by atoms with E-state index in [1.807, 2.05) is 0 Å². The summed E-state index contributed by atoms with van der Waals surface area (Å²) in [6.45, 7) is 3.11. The number of hydrogen-bond acceptors (Lipinski definition) is 5. The molecule has 7 heteroatoms. The first-order chi connectivity index (χ1) is 11.7. The number of pyridine rings is 1. The largest absolute Gasteiger partial charge is 0.365 e. The highest BCUT2D eigenvalue weighted by Crippen LogP contribution is 2.21. The topological polar surface area (TPSA) is 67.1 Å². The molecule has 0 amide bonds. The van der Waals surface area contributed by atoms with Gasteiger partial charge in [-0.25, -0.2) is 14.4 Å². The molecule has 0 aliphatic carbocycles. The number of anilines is 1. The molecule has 1 aliphatic heterocycles. The first-order valence-electron chi connectivity index (χ1n) is 8.14. The molecule has 0 saturated carbocycles. The van der Waals surface area contributed by atoms with Gasteiger partial charge in [-0.2, -0.15) is 0 Å². The molecule has 3 aromatic heterocycles. The van der Waals surface area contributed by atoms with Gasteiger partial charge in [0.05, 0.1) is 24.3 Å². The normalized spacial score (nSPS) is 21.1. The van der Waals surface area contributed by atoms with Crippen LogP contribution in [0.1, 0.15) is 19.8 Å². The van der Waals surface area contributed by atoms with E-state index in [9.17, 15) is 4.39 Å². The minimum Gasteiger partial charge on any atom is -0.365 e. The predicted octanol–water partition coefficient (Wildman–Crippen LogP) is 2.48. The highest BCUT2D eigenvalue weighted by Gasteiger charge is 2.18. The van der Waals surface area contributed by atoms with Gasteiger partial charge in [-0.15, -0.1) is 0 Å². The quantitative estimate of drug-likeness (QED) is 0.774. The molecule has 0 bridgehead atoms. The Bertz CT molecular complexity index is 853. The zero-order chi connectivity index (χ0) is 16.5. The van der Waals surface area contributed by atoms with Crippen molar-refractivity contribution in [3.63, 3.8) is 0 Å². The third-order valence-electron chi connectivity index (χ3n) is 4.38. The lowest BCUT2D eigenvalue weighted by atomic mass is 10.0. The predicted molar refractivity (Wildman–Crippen MR) is 90.3 cm³/mol. The van der Waals surface area contributed by atoms with Crippen LogP contribution in [0, 0.1) is 5.82 Å². The Morgan fingerprint density at radius 2 is 2.17 bits per heavy atom. The maximum atomic E-state index is 13.5. The monoisotopic (exact) mass is 326 g/mol. The SMILES string of the molecule is C[C@@H]1CC[C@@H](Nc2cncc(-c3cnc4ccc(F)cn34)n2)CN1. The molecule has 1 aliphatic rings. The van der Waals surface area contributed by atoms with E-state index in [0.717, 1.165) is 30.9 Å². The third-order valence-corrected chi connectivity index (χ3v) is 4.38. The lowest BCUT2D eigenvalue weighted by Gasteiger charge is -2.28. The van der Waals surface area contributed by atoms with Crippen LogP contribution in [0.15, 0.2) is 36.9 Å². The number of halogens is 1. The van der Waals surface area contributed by atoms with Gasteiger partial charge in [-0.1, -0.05) is 0 Å². The Kier molecular flexibility index (Phi) is 3.86. The highest BCUT2D eigenvalue weighted by molar-refractivity contribution is 5.60. The van der Waals surface area contributed by atoms with E-state index < -0.39 is 0 Å². The number of nitrogens with one attached hydrogen (secondary N) is 2. The number of imidazole rings is 1. The summed E-state index contributed by atoms with van der Waals surface area (Å²) in [7, 11) is 0. The molecule has 2 atom stereocenters. The first kappa shape index (κ1) is 15.0. The molecular formula is C17H19FN6. The second-order valence-electron chi connectivity index (χ2n) is 6.24. The molecular weight excluding hydrogens is 307 g/mol. The van der Waals surface area contributed by atoms with Gasteiger partial charge < -0.3 is 10.6 Å². The van der Waals surface area contributed by atoms with Gasteiger partial charge in [0.1, 0.15) is 23.0 Å². The van der Waals surface area contributed by atoms with Gasteiger partial charge in [0.15, 0.2) is 0 Å². The van der Waals surface area contributed by atoms with Crippen LogP contribution in [-0.4, -0.2) is 38.0 Å². The van der Waals surface area contributed by atoms with Crippen LogP contribution < -0.4 is 10.6 Å². The minimum absolute atomic E-state index is 0.314. The van der Waals surface area contributed by atoms with Gasteiger partial charge in [0, 0.05) is 24.8 Å². The van der Waals surface area contributed by atoms with E-state index in [2.05, 4.69) is 32.5 Å². The Balaban J connectivity index is 1.61. The van der Waals surface area contributed by atoms with Crippen LogP contribution in [0.2, 0.25) is 0 Å². The molecule has 6 nitrogen and oxygen atoms in total. The Morgan fingerprint density at radius 3 is 3.00 bits per heavy atom. The van der Waals surface area contributed by atoms with Crippen LogP contribution in [0.25, 0.3) is 17.0 Å². The average molecular weight is 326 g/mol. The van der Waals surface area contributed by atoms with E-state index in [0.29, 0.717) is 23.4 Å². The van der Waals surface area contributed by atoms with Crippen LogP contribution in [0.5, 0.6) is 0 Å². The van der Waals surface area contributed by atoms with Crippen molar-refractivity contribution in [3.8, 4) is 11.4 Å². The fourth-order valence-corrected chi connectivity index (χ4v) is 3.03. The lowest BCUT2D eigenvalue weighted by molar-refractivity contribution is 0.398. The fourth-order valence-electron chi connectivity index (χ4n) is 3.03. The maximum Gasteiger partial charge on any atom is 0.145 e. The summed E-state index contributed by atoms with van der Waals surface area (Å²) in [5.74, 6) is 0.409. The molecule has 24 heavy (non-hydrogen) atoms. The molecule has 1 saturated heterocycles. The van der Waals surface area contributed by atoms with Crippen molar-refractivity contribution in [2.24, 2.45) is 0 Å². The van der Waals surface area contributed by atoms with Crippen LogP contribution in [-0.2, 0) is 0 Å². The van der Waals surface area contributed by atoms with Crippen molar-refractivity contribution >= 4 is 11.5 Å². The van der Waals surface area contributed by atoms with E-state index in [1.165, 1.54) is 12.3 Å². The van der Waals surface area contributed by atoms with Gasteiger partial charge >= 0.3 is 0 Å². The fraction of sp³-hybridized carbons (Fsp3) is 0.353. The van der Waals surface area contributed by atoms with Crippen molar-refractivity contribution in [2.75, 3.05) is 11.9 Å².